The molecule has 3 N–H and O–H groups in total. The Hall–Kier alpha value is -3.94. The fourth-order valence-electron chi connectivity index (χ4n) is 4.12. The number of oxime groups is 1. The molecule has 0 bridgehead atoms. The number of rotatable bonds is 9. The summed E-state index contributed by atoms with van der Waals surface area (Å²) < 4.78 is 1.81. The number of halogens is 1. The number of aliphatic carboxylic acids is 1. The lowest BCUT2D eigenvalue weighted by Gasteiger charge is -2.50. The molecule has 200 valence electrons. The highest BCUT2D eigenvalue weighted by Gasteiger charge is 2.53. The predicted molar refractivity (Wildman–Crippen MR) is 143 cm³/mol. The average Bonchev–Trinajstić information content (AvgIpc) is 3.36. The van der Waals surface area contributed by atoms with Crippen LogP contribution < -0.4 is 20.7 Å². The van der Waals surface area contributed by atoms with Crippen LogP contribution >= 0.6 is 34.7 Å². The molecule has 2 atom stereocenters. The van der Waals surface area contributed by atoms with Crippen molar-refractivity contribution in [1.82, 2.24) is 15.2 Å². The van der Waals surface area contributed by atoms with E-state index in [1.807, 2.05) is 22.8 Å². The maximum absolute atomic E-state index is 13.2. The SMILES string of the molecule is Nc1nc(/C(=N\OCc2ccc(Cl)cc2)C(=O)NC2C(=O)N3C(C(=O)[O-])=C(C[n+]4ccccc4)CS[C@H]23)cs1. The van der Waals surface area contributed by atoms with Crippen molar-refractivity contribution in [2.24, 2.45) is 5.16 Å². The molecule has 2 aliphatic heterocycles. The summed E-state index contributed by atoms with van der Waals surface area (Å²) in [4.78, 5) is 49.1. The van der Waals surface area contributed by atoms with E-state index in [1.165, 1.54) is 16.7 Å². The summed E-state index contributed by atoms with van der Waals surface area (Å²) in [5.41, 5.74) is 6.91. The number of fused-ring (bicyclic) bond motifs is 1. The van der Waals surface area contributed by atoms with Gasteiger partial charge in [-0.05, 0) is 17.7 Å². The largest absolute Gasteiger partial charge is 0.543 e. The quantitative estimate of drug-likeness (QED) is 0.161. The van der Waals surface area contributed by atoms with E-state index in [0.29, 0.717) is 16.3 Å². The van der Waals surface area contributed by atoms with Crippen LogP contribution in [0.25, 0.3) is 0 Å². The summed E-state index contributed by atoms with van der Waals surface area (Å²) in [6.07, 6.45) is 3.61. The van der Waals surface area contributed by atoms with E-state index in [-0.39, 0.29) is 35.4 Å². The molecule has 2 aromatic heterocycles. The van der Waals surface area contributed by atoms with Crippen LogP contribution in [0.4, 0.5) is 5.13 Å². The van der Waals surface area contributed by atoms with Gasteiger partial charge in [-0.1, -0.05) is 35.0 Å². The van der Waals surface area contributed by atoms with Crippen molar-refractivity contribution in [3.05, 3.63) is 87.8 Å². The number of hydrogen-bond donors (Lipinski definition) is 2. The molecule has 0 radical (unpaired) electrons. The highest BCUT2D eigenvalue weighted by atomic mass is 35.5. The predicted octanol–water partition coefficient (Wildman–Crippen LogP) is 0.691. The first kappa shape index (κ1) is 26.7. The van der Waals surface area contributed by atoms with Gasteiger partial charge in [0.2, 0.25) is 0 Å². The highest BCUT2D eigenvalue weighted by molar-refractivity contribution is 8.00. The lowest BCUT2D eigenvalue weighted by molar-refractivity contribution is -0.689. The summed E-state index contributed by atoms with van der Waals surface area (Å²) in [7, 11) is 0. The van der Waals surface area contributed by atoms with Crippen molar-refractivity contribution < 1.29 is 28.9 Å². The first-order chi connectivity index (χ1) is 18.8. The Kier molecular flexibility index (Phi) is 7.82. The van der Waals surface area contributed by atoms with E-state index in [2.05, 4.69) is 15.5 Å². The zero-order valence-electron chi connectivity index (χ0n) is 20.2. The van der Waals surface area contributed by atoms with Gasteiger partial charge in [0.15, 0.2) is 29.8 Å². The number of β-lactam (4-membered cyclic amide) rings is 1. The fourth-order valence-corrected chi connectivity index (χ4v) is 6.12. The van der Waals surface area contributed by atoms with Crippen LogP contribution in [0.3, 0.4) is 0 Å². The third kappa shape index (κ3) is 5.75. The van der Waals surface area contributed by atoms with Gasteiger partial charge >= 0.3 is 0 Å². The number of thiazole rings is 1. The topological polar surface area (TPSA) is 154 Å². The van der Waals surface area contributed by atoms with Crippen LogP contribution in [0.5, 0.6) is 0 Å². The molecule has 0 saturated carbocycles. The third-order valence-corrected chi connectivity index (χ3v) is 8.22. The molecule has 39 heavy (non-hydrogen) atoms. The molecule has 2 aliphatic rings. The summed E-state index contributed by atoms with van der Waals surface area (Å²) in [5, 5.41) is 20.4. The molecular weight excluding hydrogens is 564 g/mol. The number of carbonyl (C=O) groups excluding carboxylic acids is 3. The lowest BCUT2D eigenvalue weighted by atomic mass is 10.0. The molecule has 5 rings (SSSR count). The first-order valence-corrected chi connectivity index (χ1v) is 13.9. The number of carboxylic acid groups (broad SMARTS) is 1. The number of benzene rings is 1. The molecule has 14 heteroatoms. The Labute approximate surface area is 235 Å². The molecule has 1 unspecified atom stereocenters. The van der Waals surface area contributed by atoms with Gasteiger partial charge < -0.3 is 25.8 Å². The Morgan fingerprint density at radius 2 is 2.00 bits per heavy atom. The molecule has 0 spiro atoms. The number of nitrogens with two attached hydrogens (primary N) is 1. The molecule has 11 nitrogen and oxygen atoms in total. The molecule has 1 aromatic carbocycles. The van der Waals surface area contributed by atoms with Gasteiger partial charge in [0.25, 0.3) is 11.8 Å². The van der Waals surface area contributed by atoms with E-state index in [0.717, 1.165) is 16.9 Å². The van der Waals surface area contributed by atoms with Crippen molar-refractivity contribution in [3.63, 3.8) is 0 Å². The number of carboxylic acids is 1. The summed E-state index contributed by atoms with van der Waals surface area (Å²) in [6.45, 7) is 0.349. The van der Waals surface area contributed by atoms with Crippen LogP contribution in [0.15, 0.2) is 76.7 Å². The minimum atomic E-state index is -1.44. The number of thioether (sulfide) groups is 1. The molecule has 0 aliphatic carbocycles. The van der Waals surface area contributed by atoms with Crippen LogP contribution in [0.2, 0.25) is 5.02 Å². The number of nitrogens with one attached hydrogen (secondary N) is 1. The smallest absolute Gasteiger partial charge is 0.276 e. The number of nitrogen functional groups attached to an aromatic ring is 1. The van der Waals surface area contributed by atoms with Crippen LogP contribution in [-0.4, -0.2) is 50.5 Å². The van der Waals surface area contributed by atoms with Gasteiger partial charge in [0.1, 0.15) is 23.7 Å². The van der Waals surface area contributed by atoms with E-state index >= 15 is 0 Å². The maximum atomic E-state index is 13.2. The number of carbonyl (C=O) groups is 3. The van der Waals surface area contributed by atoms with Gasteiger partial charge in [-0.25, -0.2) is 9.55 Å². The third-order valence-electron chi connectivity index (χ3n) is 5.96. The zero-order chi connectivity index (χ0) is 27.5. The maximum Gasteiger partial charge on any atom is 0.276 e. The molecule has 2 amide bonds. The number of amides is 2. The molecule has 1 saturated heterocycles. The van der Waals surface area contributed by atoms with Gasteiger partial charge in [0.05, 0.1) is 11.7 Å². The van der Waals surface area contributed by atoms with Gasteiger partial charge in [-0.15, -0.1) is 23.1 Å². The summed E-state index contributed by atoms with van der Waals surface area (Å²) in [6, 6.07) is 11.4. The number of nitrogens with zero attached hydrogens (tertiary/aromatic N) is 4. The second-order valence-corrected chi connectivity index (χ2v) is 11.0. The van der Waals surface area contributed by atoms with Crippen LogP contribution in [-0.2, 0) is 32.4 Å². The summed E-state index contributed by atoms with van der Waals surface area (Å²) >= 11 is 8.38. The standard InChI is InChI=1S/C25H21ClN6O5S2/c26-16-6-4-14(5-7-16)11-37-30-18(17-13-39-25(27)28-17)21(33)29-19-22(34)32-20(24(35)36)15(12-38-23(19)32)10-31-8-2-1-3-9-31/h1-9,13,19,23H,10-12H2,(H3-,27,28,29,33,35,36)/b30-18+/t19?,23-/m1/s1. The number of pyridine rings is 1. The Morgan fingerprint density at radius 1 is 1.26 bits per heavy atom. The highest BCUT2D eigenvalue weighted by Crippen LogP contribution is 2.40. The lowest BCUT2D eigenvalue weighted by Crippen LogP contribution is -2.71. The van der Waals surface area contributed by atoms with E-state index in [4.69, 9.17) is 22.2 Å². The van der Waals surface area contributed by atoms with Crippen molar-refractivity contribution in [1.29, 1.82) is 0 Å². The van der Waals surface area contributed by atoms with Crippen molar-refractivity contribution >= 4 is 63.3 Å². The Morgan fingerprint density at radius 3 is 2.67 bits per heavy atom. The second kappa shape index (κ2) is 11.4. The van der Waals surface area contributed by atoms with Crippen molar-refractivity contribution in [3.8, 4) is 0 Å². The molecule has 3 aromatic rings. The van der Waals surface area contributed by atoms with Gasteiger partial charge in [-0.3, -0.25) is 14.5 Å². The molecular formula is C25H21ClN6O5S2. The monoisotopic (exact) mass is 584 g/mol. The van der Waals surface area contributed by atoms with E-state index in [1.54, 1.807) is 42.0 Å². The fraction of sp³-hybridized carbons (Fsp3) is 0.200. The van der Waals surface area contributed by atoms with Crippen molar-refractivity contribution in [2.75, 3.05) is 11.5 Å². The minimum absolute atomic E-state index is 0.0597. The molecule has 1 fully saturated rings. The molecule has 4 heterocycles. The normalized spacial score (nSPS) is 18.8. The van der Waals surface area contributed by atoms with Crippen LogP contribution in [0.1, 0.15) is 11.3 Å². The second-order valence-electron chi connectivity index (χ2n) is 8.56. The number of anilines is 1. The van der Waals surface area contributed by atoms with Gasteiger partial charge in [-0.2, -0.15) is 0 Å². The van der Waals surface area contributed by atoms with E-state index < -0.39 is 29.2 Å². The average molecular weight is 585 g/mol. The number of hydrogen-bond acceptors (Lipinski definition) is 10. The zero-order valence-corrected chi connectivity index (χ0v) is 22.5. The Bertz CT molecular complexity index is 1480. The Balaban J connectivity index is 1.32. The number of aromatic nitrogens is 2. The van der Waals surface area contributed by atoms with Gasteiger partial charge in [0, 0.05) is 33.9 Å². The van der Waals surface area contributed by atoms with Crippen molar-refractivity contribution in [2.45, 2.75) is 24.6 Å². The van der Waals surface area contributed by atoms with E-state index in [9.17, 15) is 19.5 Å². The summed E-state index contributed by atoms with van der Waals surface area (Å²) in [5.74, 6) is -2.37. The first-order valence-electron chi connectivity index (χ1n) is 11.6. The minimum Gasteiger partial charge on any atom is -0.543 e. The van der Waals surface area contributed by atoms with Crippen LogP contribution in [0, 0.1) is 0 Å².